The molecule has 8 heteroatoms. The summed E-state index contributed by atoms with van der Waals surface area (Å²) in [5.74, 6) is 0.420. The molecule has 0 aliphatic heterocycles. The molecule has 5 nitrogen and oxygen atoms in total. The number of benzene rings is 1. The highest BCUT2D eigenvalue weighted by Gasteiger charge is 2.36. The third-order valence-electron chi connectivity index (χ3n) is 3.50. The lowest BCUT2D eigenvalue weighted by atomic mass is 10.1. The van der Waals surface area contributed by atoms with Crippen LogP contribution in [0.15, 0.2) is 41.5 Å². The van der Waals surface area contributed by atoms with Crippen LogP contribution in [0.5, 0.6) is 0 Å². The summed E-state index contributed by atoms with van der Waals surface area (Å²) in [4.78, 5) is 4.05. The van der Waals surface area contributed by atoms with Crippen LogP contribution in [-0.4, -0.2) is 22.8 Å². The Kier molecular flexibility index (Phi) is 5.48. The van der Waals surface area contributed by atoms with Crippen LogP contribution in [0.4, 0.5) is 13.2 Å². The van der Waals surface area contributed by atoms with Gasteiger partial charge in [-0.1, -0.05) is 30.3 Å². The summed E-state index contributed by atoms with van der Waals surface area (Å²) in [6, 6.07) is 9.67. The van der Waals surface area contributed by atoms with Gasteiger partial charge in [-0.2, -0.15) is 18.3 Å². The van der Waals surface area contributed by atoms with E-state index < -0.39 is 11.9 Å². The minimum atomic E-state index is -4.48. The van der Waals surface area contributed by atoms with Gasteiger partial charge in [-0.05, 0) is 12.5 Å². The van der Waals surface area contributed by atoms with Crippen molar-refractivity contribution in [3.8, 4) is 0 Å². The third kappa shape index (κ3) is 4.50. The smallest absolute Gasteiger partial charge is 0.352 e. The number of hydrogen-bond donors (Lipinski definition) is 2. The average molecular weight is 339 g/mol. The van der Waals surface area contributed by atoms with Crippen molar-refractivity contribution >= 4 is 5.96 Å². The summed E-state index contributed by atoms with van der Waals surface area (Å²) in [5.41, 5.74) is 0.238. The second kappa shape index (κ2) is 7.37. The van der Waals surface area contributed by atoms with Gasteiger partial charge in [-0.25, -0.2) is 0 Å². The van der Waals surface area contributed by atoms with Gasteiger partial charge in [0.15, 0.2) is 11.7 Å². The fraction of sp³-hybridized carbons (Fsp3) is 0.375. The highest BCUT2D eigenvalue weighted by atomic mass is 19.4. The predicted octanol–water partition coefficient (Wildman–Crippen LogP) is 2.87. The SMILES string of the molecule is CN=C(NCc1cn(C)nc1C(F)(F)F)NC(C)c1ccccc1. The van der Waals surface area contributed by atoms with Crippen LogP contribution in [-0.2, 0) is 19.8 Å². The van der Waals surface area contributed by atoms with Crippen LogP contribution in [0, 0.1) is 0 Å². The van der Waals surface area contributed by atoms with Crippen molar-refractivity contribution in [2.45, 2.75) is 25.7 Å². The van der Waals surface area contributed by atoms with Crippen molar-refractivity contribution in [3.05, 3.63) is 53.3 Å². The van der Waals surface area contributed by atoms with E-state index in [-0.39, 0.29) is 18.2 Å². The van der Waals surface area contributed by atoms with Crippen molar-refractivity contribution < 1.29 is 13.2 Å². The Morgan fingerprint density at radius 3 is 2.54 bits per heavy atom. The maximum atomic E-state index is 13.0. The van der Waals surface area contributed by atoms with Crippen LogP contribution < -0.4 is 10.6 Å². The summed E-state index contributed by atoms with van der Waals surface area (Å²) >= 11 is 0. The molecule has 0 aliphatic carbocycles. The number of hydrogen-bond acceptors (Lipinski definition) is 2. The number of halogens is 3. The first-order chi connectivity index (χ1) is 11.3. The first kappa shape index (κ1) is 17.8. The first-order valence-electron chi connectivity index (χ1n) is 7.43. The number of aryl methyl sites for hydroxylation is 1. The van der Waals surface area contributed by atoms with Crippen LogP contribution in [0.2, 0.25) is 0 Å². The van der Waals surface area contributed by atoms with Crippen LogP contribution in [0.1, 0.15) is 29.8 Å². The molecule has 2 aromatic rings. The molecule has 0 saturated heterocycles. The number of aliphatic imine (C=N–C) groups is 1. The van der Waals surface area contributed by atoms with Gasteiger partial charge in [-0.15, -0.1) is 0 Å². The molecule has 2 rings (SSSR count). The molecule has 0 spiro atoms. The molecule has 0 saturated carbocycles. The van der Waals surface area contributed by atoms with Crippen LogP contribution in [0.3, 0.4) is 0 Å². The molecule has 1 heterocycles. The van der Waals surface area contributed by atoms with E-state index in [9.17, 15) is 13.2 Å². The highest BCUT2D eigenvalue weighted by Crippen LogP contribution is 2.30. The fourth-order valence-corrected chi connectivity index (χ4v) is 2.31. The number of nitrogens with one attached hydrogen (secondary N) is 2. The van der Waals surface area contributed by atoms with Gasteiger partial charge in [0.05, 0.1) is 6.04 Å². The van der Waals surface area contributed by atoms with Crippen molar-refractivity contribution in [1.82, 2.24) is 20.4 Å². The van der Waals surface area contributed by atoms with E-state index in [4.69, 9.17) is 0 Å². The molecular formula is C16H20F3N5. The Morgan fingerprint density at radius 1 is 1.29 bits per heavy atom. The number of aromatic nitrogens is 2. The molecule has 130 valence electrons. The summed E-state index contributed by atoms with van der Waals surface area (Å²) in [6.07, 6.45) is -3.13. The van der Waals surface area contributed by atoms with Gasteiger partial charge in [0.25, 0.3) is 0 Å². The molecule has 0 bridgehead atoms. The zero-order valence-electron chi connectivity index (χ0n) is 13.7. The van der Waals surface area contributed by atoms with E-state index in [0.717, 1.165) is 10.2 Å². The summed E-state index contributed by atoms with van der Waals surface area (Å²) in [7, 11) is 3.03. The van der Waals surface area contributed by atoms with E-state index in [1.807, 2.05) is 37.3 Å². The minimum Gasteiger partial charge on any atom is -0.352 e. The maximum Gasteiger partial charge on any atom is 0.435 e. The second-order valence-electron chi connectivity index (χ2n) is 5.38. The molecule has 2 N–H and O–H groups in total. The molecule has 1 atom stereocenters. The standard InChI is InChI=1S/C16H20F3N5/c1-11(12-7-5-4-6-8-12)22-15(20-2)21-9-13-10-24(3)23-14(13)16(17,18)19/h4-8,10-11H,9H2,1-3H3,(H2,20,21,22). The zero-order chi connectivity index (χ0) is 17.7. The summed E-state index contributed by atoms with van der Waals surface area (Å²) < 4.78 is 40.0. The van der Waals surface area contributed by atoms with Gasteiger partial charge in [0.1, 0.15) is 0 Å². The van der Waals surface area contributed by atoms with E-state index in [2.05, 4.69) is 20.7 Å². The minimum absolute atomic E-state index is 0.0239. The van der Waals surface area contributed by atoms with Gasteiger partial charge >= 0.3 is 6.18 Å². The Labute approximate surface area is 138 Å². The average Bonchev–Trinajstić information content (AvgIpc) is 2.93. The van der Waals surface area contributed by atoms with Gasteiger partial charge in [0.2, 0.25) is 0 Å². The summed E-state index contributed by atoms with van der Waals surface area (Å²) in [6.45, 7) is 1.93. The number of nitrogens with zero attached hydrogens (tertiary/aromatic N) is 3. The lowest BCUT2D eigenvalue weighted by Gasteiger charge is -2.18. The highest BCUT2D eigenvalue weighted by molar-refractivity contribution is 5.80. The fourth-order valence-electron chi connectivity index (χ4n) is 2.31. The molecule has 1 aromatic heterocycles. The van der Waals surface area contributed by atoms with Gasteiger partial charge in [0, 0.05) is 32.4 Å². The lowest BCUT2D eigenvalue weighted by Crippen LogP contribution is -2.38. The molecule has 0 fully saturated rings. The monoisotopic (exact) mass is 339 g/mol. The Hall–Kier alpha value is -2.51. The first-order valence-corrected chi connectivity index (χ1v) is 7.43. The molecule has 0 amide bonds. The van der Waals surface area contributed by atoms with Crippen molar-refractivity contribution in [3.63, 3.8) is 0 Å². The third-order valence-corrected chi connectivity index (χ3v) is 3.50. The topological polar surface area (TPSA) is 54.2 Å². The molecule has 0 aliphatic rings. The molecular weight excluding hydrogens is 319 g/mol. The van der Waals surface area contributed by atoms with Crippen LogP contribution in [0.25, 0.3) is 0 Å². The Bertz CT molecular complexity index is 691. The molecule has 0 radical (unpaired) electrons. The normalized spacial score (nSPS) is 13.7. The van der Waals surface area contributed by atoms with Crippen molar-refractivity contribution in [2.75, 3.05) is 7.05 Å². The largest absolute Gasteiger partial charge is 0.435 e. The molecule has 1 unspecified atom stereocenters. The van der Waals surface area contributed by atoms with E-state index in [0.29, 0.717) is 5.96 Å². The maximum absolute atomic E-state index is 13.0. The quantitative estimate of drug-likeness (QED) is 0.665. The van der Waals surface area contributed by atoms with E-state index >= 15 is 0 Å². The Morgan fingerprint density at radius 2 is 1.96 bits per heavy atom. The Balaban J connectivity index is 2.02. The van der Waals surface area contributed by atoms with E-state index in [1.54, 1.807) is 7.05 Å². The van der Waals surface area contributed by atoms with Gasteiger partial charge < -0.3 is 10.6 Å². The number of alkyl halides is 3. The van der Waals surface area contributed by atoms with E-state index in [1.165, 1.54) is 13.2 Å². The molecule has 24 heavy (non-hydrogen) atoms. The second-order valence-corrected chi connectivity index (χ2v) is 5.38. The predicted molar refractivity (Wildman–Crippen MR) is 86.4 cm³/mol. The van der Waals surface area contributed by atoms with Crippen LogP contribution >= 0.6 is 0 Å². The zero-order valence-corrected chi connectivity index (χ0v) is 13.7. The van der Waals surface area contributed by atoms with Crippen molar-refractivity contribution in [1.29, 1.82) is 0 Å². The summed E-state index contributed by atoms with van der Waals surface area (Å²) in [5, 5.41) is 9.53. The number of guanidine groups is 1. The van der Waals surface area contributed by atoms with Gasteiger partial charge in [-0.3, -0.25) is 9.67 Å². The molecule has 1 aromatic carbocycles. The number of rotatable bonds is 4. The lowest BCUT2D eigenvalue weighted by molar-refractivity contribution is -0.142. The van der Waals surface area contributed by atoms with Crippen molar-refractivity contribution in [2.24, 2.45) is 12.0 Å².